The van der Waals surface area contributed by atoms with Crippen LogP contribution < -0.4 is 15.6 Å². The molecule has 0 unspecified atom stereocenters. The summed E-state index contributed by atoms with van der Waals surface area (Å²) < 4.78 is 20.7. The van der Waals surface area contributed by atoms with Crippen molar-refractivity contribution in [1.29, 1.82) is 0 Å². The highest BCUT2D eigenvalue weighted by Crippen LogP contribution is 2.47. The van der Waals surface area contributed by atoms with Crippen LogP contribution in [0.15, 0.2) is 170 Å². The van der Waals surface area contributed by atoms with E-state index >= 15 is 0 Å². The number of hydrogen-bond donors (Lipinski definition) is 0. The Bertz CT molecular complexity index is 2090. The van der Waals surface area contributed by atoms with E-state index in [-0.39, 0.29) is 12.5 Å². The van der Waals surface area contributed by atoms with Crippen LogP contribution in [0.2, 0.25) is 0 Å². The van der Waals surface area contributed by atoms with Crippen molar-refractivity contribution in [2.45, 2.75) is 18.1 Å². The van der Waals surface area contributed by atoms with Crippen LogP contribution in [0, 0.1) is 0 Å². The van der Waals surface area contributed by atoms with E-state index in [2.05, 4.69) is 91.0 Å². The first-order valence-corrected chi connectivity index (χ1v) is 18.3. The number of fused-ring (bicyclic) bond motifs is 5. The van der Waals surface area contributed by atoms with Crippen LogP contribution in [0.4, 0.5) is 0 Å². The predicted molar refractivity (Wildman–Crippen MR) is 191 cm³/mol. The fourth-order valence-corrected chi connectivity index (χ4v) is 11.9. The van der Waals surface area contributed by atoms with Gasteiger partial charge in [0.1, 0.15) is 0 Å². The van der Waals surface area contributed by atoms with Crippen LogP contribution in [0.3, 0.4) is 0 Å². The summed E-state index contributed by atoms with van der Waals surface area (Å²) >= 11 is 0. The highest BCUT2D eigenvalue weighted by molar-refractivity contribution is 7.07. The third-order valence-electron chi connectivity index (χ3n) is 9.92. The molecule has 5 heteroatoms. The molecule has 2 aliphatic heterocycles. The van der Waals surface area contributed by atoms with Gasteiger partial charge in [0.25, 0.3) is 0 Å². The van der Waals surface area contributed by atoms with Crippen molar-refractivity contribution >= 4 is 35.4 Å². The van der Waals surface area contributed by atoms with Crippen LogP contribution in [-0.2, 0) is 18.7 Å². The second-order valence-electron chi connectivity index (χ2n) is 12.5. The second-order valence-corrected chi connectivity index (χ2v) is 15.8. The lowest BCUT2D eigenvalue weighted by Gasteiger charge is -2.45. The number of ether oxygens (including phenoxy) is 2. The predicted octanol–water partition coefficient (Wildman–Crippen LogP) is 6.89. The summed E-state index contributed by atoms with van der Waals surface area (Å²) in [6.45, 7) is 0.288. The fraction of sp³-hybridized carbons (Fsp3) is 0.0930. The van der Waals surface area contributed by atoms with Gasteiger partial charge in [0.15, 0.2) is 12.2 Å². The molecule has 0 radical (unpaired) electrons. The van der Waals surface area contributed by atoms with Crippen LogP contribution in [0.25, 0.3) is 16.7 Å². The highest BCUT2D eigenvalue weighted by Gasteiger charge is 2.53. The molecule has 9 rings (SSSR count). The number of carbonyl (C=O) groups is 1. The van der Waals surface area contributed by atoms with Gasteiger partial charge < -0.3 is 13.9 Å². The molecule has 4 nitrogen and oxygen atoms in total. The molecule has 0 saturated heterocycles. The molecule has 232 valence electrons. The molecular weight excluding hydrogens is 609 g/mol. The van der Waals surface area contributed by atoms with E-state index in [9.17, 15) is 4.79 Å². The van der Waals surface area contributed by atoms with Crippen LogP contribution in [-0.4, -0.2) is 27.0 Å². The zero-order valence-corrected chi connectivity index (χ0v) is 27.2. The summed E-state index contributed by atoms with van der Waals surface area (Å²) in [7, 11) is -3.10. The normalized spacial score (nSPS) is 18.9. The molecule has 3 aliphatic rings. The maximum Gasteiger partial charge on any atom is 0.347 e. The highest BCUT2D eigenvalue weighted by atomic mass is 28.4. The fourth-order valence-electron chi connectivity index (χ4n) is 7.79. The molecule has 48 heavy (non-hydrogen) atoms. The zero-order valence-electron chi connectivity index (χ0n) is 26.2. The summed E-state index contributed by atoms with van der Waals surface area (Å²) in [5.41, 5.74) is 6.97. The average Bonchev–Trinajstić information content (AvgIpc) is 3.48. The van der Waals surface area contributed by atoms with Crippen LogP contribution >= 0.6 is 0 Å². The Morgan fingerprint density at radius 1 is 0.583 bits per heavy atom. The summed E-state index contributed by atoms with van der Waals surface area (Å²) in [6, 6.07) is 56.2. The van der Waals surface area contributed by atoms with Crippen LogP contribution in [0.1, 0.15) is 34.3 Å². The van der Waals surface area contributed by atoms with Crippen molar-refractivity contribution in [2.24, 2.45) is 0 Å². The molecule has 2 heterocycles. The molecule has 2 atom stereocenters. The molecule has 0 saturated carbocycles. The van der Waals surface area contributed by atoms with E-state index in [1.165, 1.54) is 0 Å². The van der Waals surface area contributed by atoms with E-state index < -0.39 is 26.5 Å². The van der Waals surface area contributed by atoms with Gasteiger partial charge in [-0.2, -0.15) is 0 Å². The molecule has 0 aromatic heterocycles. The van der Waals surface area contributed by atoms with Gasteiger partial charge in [-0.25, -0.2) is 4.79 Å². The second kappa shape index (κ2) is 11.6. The number of hydrogen-bond acceptors (Lipinski definition) is 4. The zero-order chi connectivity index (χ0) is 32.1. The molecule has 0 spiro atoms. The summed E-state index contributed by atoms with van der Waals surface area (Å²) in [5, 5.41) is 3.38. The smallest absolute Gasteiger partial charge is 0.347 e. The monoisotopic (exact) mass is 640 g/mol. The van der Waals surface area contributed by atoms with E-state index in [0.717, 1.165) is 60.3 Å². The molecule has 0 fully saturated rings. The Labute approximate surface area is 281 Å². The number of carbonyl (C=O) groups excluding carboxylic acids is 1. The van der Waals surface area contributed by atoms with Crippen molar-refractivity contribution in [2.75, 3.05) is 6.61 Å². The van der Waals surface area contributed by atoms with E-state index in [1.807, 2.05) is 72.8 Å². The van der Waals surface area contributed by atoms with Crippen molar-refractivity contribution in [3.63, 3.8) is 0 Å². The third-order valence-corrected chi connectivity index (χ3v) is 13.9. The van der Waals surface area contributed by atoms with Gasteiger partial charge in [-0.3, -0.25) is 0 Å². The van der Waals surface area contributed by atoms with Crippen molar-refractivity contribution in [3.8, 4) is 11.1 Å². The van der Waals surface area contributed by atoms with E-state index in [4.69, 9.17) is 13.9 Å². The average molecular weight is 641 g/mol. The van der Waals surface area contributed by atoms with E-state index in [1.54, 1.807) is 0 Å². The quantitative estimate of drug-likeness (QED) is 0.152. The van der Waals surface area contributed by atoms with Gasteiger partial charge in [-0.15, -0.1) is 0 Å². The minimum atomic E-state index is -3.10. The molecule has 0 N–H and O–H groups in total. The Balaban J connectivity index is 1.23. The summed E-state index contributed by atoms with van der Waals surface area (Å²) in [5.74, 6) is 0.169. The molecule has 1 aliphatic carbocycles. The minimum absolute atomic E-state index is 0.203. The minimum Gasteiger partial charge on any atom is -0.533 e. The van der Waals surface area contributed by atoms with Crippen molar-refractivity contribution < 1.29 is 18.7 Å². The number of benzene rings is 6. The SMILES string of the molecule is O=C(OC1c2ccccc2-c2ccccc21)[C@H]1OC[C@@H](c2ccccc2)C2=C1c1ccccc1[Si](c1ccccc1)(c1ccccc1)O2. The first kappa shape index (κ1) is 28.7. The topological polar surface area (TPSA) is 44.8 Å². The lowest BCUT2D eigenvalue weighted by molar-refractivity contribution is -0.158. The van der Waals surface area contributed by atoms with Crippen molar-refractivity contribution in [3.05, 3.63) is 192 Å². The third kappa shape index (κ3) is 4.43. The first-order valence-electron chi connectivity index (χ1n) is 16.4. The largest absolute Gasteiger partial charge is 0.533 e. The summed E-state index contributed by atoms with van der Waals surface area (Å²) in [4.78, 5) is 14.6. The summed E-state index contributed by atoms with van der Waals surface area (Å²) in [6.07, 6.45) is -1.48. The molecule has 0 amide bonds. The maximum atomic E-state index is 14.6. The Hall–Kier alpha value is -5.49. The molecule has 6 aromatic rings. The maximum absolute atomic E-state index is 14.6. The van der Waals surface area contributed by atoms with Gasteiger partial charge >= 0.3 is 14.3 Å². The van der Waals surface area contributed by atoms with Crippen LogP contribution in [0.5, 0.6) is 0 Å². The molecular formula is C43H32O4Si. The van der Waals surface area contributed by atoms with Gasteiger partial charge in [-0.1, -0.05) is 164 Å². The van der Waals surface area contributed by atoms with Gasteiger partial charge in [0.05, 0.1) is 18.3 Å². The lowest BCUT2D eigenvalue weighted by Crippen LogP contribution is -2.71. The Kier molecular flexibility index (Phi) is 6.96. The van der Waals surface area contributed by atoms with E-state index in [0.29, 0.717) is 0 Å². The first-order chi connectivity index (χ1) is 23.7. The van der Waals surface area contributed by atoms with Gasteiger partial charge in [0, 0.05) is 16.7 Å². The van der Waals surface area contributed by atoms with Gasteiger partial charge in [0.2, 0.25) is 0 Å². The lowest BCUT2D eigenvalue weighted by atomic mass is 9.87. The molecule has 0 bridgehead atoms. The number of esters is 1. The van der Waals surface area contributed by atoms with Crippen molar-refractivity contribution in [1.82, 2.24) is 0 Å². The Morgan fingerprint density at radius 2 is 1.08 bits per heavy atom. The van der Waals surface area contributed by atoms with Gasteiger partial charge in [-0.05, 0) is 37.8 Å². The molecule has 6 aromatic carbocycles. The Morgan fingerprint density at radius 3 is 1.69 bits per heavy atom. The number of rotatable bonds is 5. The standard InChI is InChI=1S/C43H32O4Si/c44-43(46-40-34-24-12-10-22-32(34)33-23-11-13-25-35(33)40)42-39-36-26-14-15-27-38(36)48(30-18-6-2-7-19-30,31-20-8-3-9-21-31)47-41(39)37(28-45-42)29-16-4-1-5-17-29/h1-27,37,40,42H,28H2/t37-,42-/m0/s1.